The molecule has 168 valence electrons. The lowest BCUT2D eigenvalue weighted by molar-refractivity contribution is -0.137. The molecule has 1 saturated carbocycles. The van der Waals surface area contributed by atoms with Crippen molar-refractivity contribution in [1.29, 1.82) is 0 Å². The van der Waals surface area contributed by atoms with Crippen LogP contribution in [0, 0.1) is 0 Å². The van der Waals surface area contributed by atoms with Gasteiger partial charge in [0.2, 0.25) is 0 Å². The quantitative estimate of drug-likeness (QED) is 0.384. The Labute approximate surface area is 191 Å². The van der Waals surface area contributed by atoms with Crippen LogP contribution in [-0.4, -0.2) is 36.6 Å². The van der Waals surface area contributed by atoms with Crippen LogP contribution in [-0.2, 0) is 20.8 Å². The smallest absolute Gasteiger partial charge is 0.188 e. The minimum absolute atomic E-state index is 0.287. The molecule has 32 heavy (non-hydrogen) atoms. The van der Waals surface area contributed by atoms with Gasteiger partial charge < -0.3 is 9.47 Å². The van der Waals surface area contributed by atoms with Gasteiger partial charge in [0.25, 0.3) is 0 Å². The van der Waals surface area contributed by atoms with Gasteiger partial charge in [-0.1, -0.05) is 30.8 Å². The summed E-state index contributed by atoms with van der Waals surface area (Å²) in [5.74, 6) is -0.361. The van der Waals surface area contributed by atoms with Crippen molar-refractivity contribution in [1.82, 2.24) is 0 Å². The van der Waals surface area contributed by atoms with E-state index in [9.17, 15) is 14.4 Å². The number of ether oxygens (including phenoxy) is 2. The molecule has 0 amide bonds. The van der Waals surface area contributed by atoms with Gasteiger partial charge in [-0.15, -0.1) is 0 Å². The molecule has 0 N–H and O–H groups in total. The second-order valence-corrected chi connectivity index (χ2v) is 8.29. The number of azo groups is 1. The third kappa shape index (κ3) is 5.82. The molecule has 0 spiro atoms. The predicted octanol–water partition coefficient (Wildman–Crippen LogP) is 5.15. The number of hydrogen-bond acceptors (Lipinski definition) is 8. The van der Waals surface area contributed by atoms with Crippen molar-refractivity contribution in [3.05, 3.63) is 42.0 Å². The molecule has 7 nitrogen and oxygen atoms in total. The van der Waals surface area contributed by atoms with Crippen molar-refractivity contribution < 1.29 is 23.9 Å². The Morgan fingerprint density at radius 1 is 0.906 bits per heavy atom. The number of Topliss-reactive ketones (excluding diaryl/α,β-unsaturated/α-hetero) is 3. The average Bonchev–Trinajstić information content (AvgIpc) is 2.76. The maximum atomic E-state index is 12.1. The molecule has 0 aromatic heterocycles. The minimum atomic E-state index is -1.25. The van der Waals surface area contributed by atoms with E-state index in [1.807, 2.05) is 19.9 Å². The topological polar surface area (TPSA) is 94.4 Å². The van der Waals surface area contributed by atoms with E-state index < -0.39 is 17.6 Å². The summed E-state index contributed by atoms with van der Waals surface area (Å²) in [6.45, 7) is 6.71. The number of rotatable bonds is 9. The molecule has 0 unspecified atom stereocenters. The molecule has 1 aliphatic carbocycles. The zero-order chi connectivity index (χ0) is 23.1. The van der Waals surface area contributed by atoms with Gasteiger partial charge >= 0.3 is 0 Å². The van der Waals surface area contributed by atoms with E-state index in [1.54, 1.807) is 17.8 Å². The van der Waals surface area contributed by atoms with Gasteiger partial charge in [-0.05, 0) is 38.0 Å². The highest BCUT2D eigenvalue weighted by molar-refractivity contribution is 7.99. The van der Waals surface area contributed by atoms with Crippen LogP contribution < -0.4 is 9.47 Å². The first kappa shape index (κ1) is 23.7. The Hall–Kier alpha value is -3.00. The fourth-order valence-corrected chi connectivity index (χ4v) is 4.13. The second kappa shape index (κ2) is 11.0. The number of benzene rings is 2. The van der Waals surface area contributed by atoms with Crippen molar-refractivity contribution >= 4 is 34.8 Å². The van der Waals surface area contributed by atoms with Crippen LogP contribution in [0.3, 0.4) is 0 Å². The third-order valence-corrected chi connectivity index (χ3v) is 5.86. The van der Waals surface area contributed by atoms with Gasteiger partial charge in [0, 0.05) is 17.0 Å². The van der Waals surface area contributed by atoms with Crippen molar-refractivity contribution in [3.63, 3.8) is 0 Å². The van der Waals surface area contributed by atoms with Gasteiger partial charge in [0.1, 0.15) is 23.0 Å². The van der Waals surface area contributed by atoms with E-state index in [0.717, 1.165) is 16.2 Å². The standard InChI is InChI=1S/C24H26N2O5S/c1-4-15-7-9-17(10-8-15)32-23-14-21(30-5-2)18(13-22(23)31-6-3)25-26-24-19(28)11-16(27)12-20(24)29/h7-10,13-14,24H,4-6,11-12H2,1-3H3. The fraction of sp³-hybridized carbons (Fsp3) is 0.375. The first-order valence-corrected chi connectivity index (χ1v) is 11.4. The Bertz CT molecular complexity index is 1010. The molecular formula is C24H26N2O5S. The largest absolute Gasteiger partial charge is 0.493 e. The Kier molecular flexibility index (Phi) is 8.16. The van der Waals surface area contributed by atoms with Crippen LogP contribution in [0.5, 0.6) is 11.5 Å². The molecule has 0 saturated heterocycles. The monoisotopic (exact) mass is 454 g/mol. The average molecular weight is 455 g/mol. The predicted molar refractivity (Wildman–Crippen MR) is 121 cm³/mol. The minimum Gasteiger partial charge on any atom is -0.493 e. The highest BCUT2D eigenvalue weighted by Gasteiger charge is 2.34. The van der Waals surface area contributed by atoms with Gasteiger partial charge in [-0.2, -0.15) is 10.2 Å². The van der Waals surface area contributed by atoms with Gasteiger partial charge in [0.15, 0.2) is 17.6 Å². The Morgan fingerprint density at radius 3 is 2.12 bits per heavy atom. The molecule has 8 heteroatoms. The SMILES string of the molecule is CCOc1cc(Sc2ccc(CC)cc2)c(OCC)cc1N=NC1C(=O)CC(=O)CC1=O. The maximum Gasteiger partial charge on any atom is 0.188 e. The van der Waals surface area contributed by atoms with Crippen LogP contribution in [0.2, 0.25) is 0 Å². The lowest BCUT2D eigenvalue weighted by Crippen LogP contribution is -2.36. The molecule has 0 aliphatic heterocycles. The summed E-state index contributed by atoms with van der Waals surface area (Å²) in [4.78, 5) is 37.5. The number of nitrogens with zero attached hydrogens (tertiary/aromatic N) is 2. The van der Waals surface area contributed by atoms with Gasteiger partial charge in [0.05, 0.1) is 31.0 Å². The van der Waals surface area contributed by atoms with Gasteiger partial charge in [-0.25, -0.2) is 0 Å². The molecule has 0 bridgehead atoms. The normalized spacial score (nSPS) is 14.9. The third-order valence-electron chi connectivity index (χ3n) is 4.82. The van der Waals surface area contributed by atoms with E-state index in [4.69, 9.17) is 9.47 Å². The summed E-state index contributed by atoms with van der Waals surface area (Å²) >= 11 is 1.55. The van der Waals surface area contributed by atoms with Crippen molar-refractivity contribution in [2.45, 2.75) is 55.9 Å². The zero-order valence-corrected chi connectivity index (χ0v) is 19.2. The second-order valence-electron chi connectivity index (χ2n) is 7.18. The first-order valence-electron chi connectivity index (χ1n) is 10.6. The first-order chi connectivity index (χ1) is 15.4. The van der Waals surface area contributed by atoms with Gasteiger partial charge in [-0.3, -0.25) is 14.4 Å². The number of ketones is 3. The summed E-state index contributed by atoms with van der Waals surface area (Å²) < 4.78 is 11.6. The van der Waals surface area contributed by atoms with E-state index in [1.165, 1.54) is 5.56 Å². The van der Waals surface area contributed by atoms with Crippen molar-refractivity contribution in [2.75, 3.05) is 13.2 Å². The molecule has 0 radical (unpaired) electrons. The van der Waals surface area contributed by atoms with Crippen LogP contribution >= 0.6 is 11.8 Å². The van der Waals surface area contributed by atoms with E-state index in [2.05, 4.69) is 41.4 Å². The zero-order valence-electron chi connectivity index (χ0n) is 18.4. The number of carbonyl (C=O) groups is 3. The Balaban J connectivity index is 1.93. The molecule has 2 aromatic carbocycles. The number of carbonyl (C=O) groups excluding carboxylic acids is 3. The fourth-order valence-electron chi connectivity index (χ4n) is 3.22. The molecule has 1 aliphatic rings. The summed E-state index contributed by atoms with van der Waals surface area (Å²) in [5, 5.41) is 8.10. The van der Waals surface area contributed by atoms with Crippen LogP contribution in [0.1, 0.15) is 39.2 Å². The Morgan fingerprint density at radius 2 is 1.53 bits per heavy atom. The summed E-state index contributed by atoms with van der Waals surface area (Å²) in [6, 6.07) is 10.6. The van der Waals surface area contributed by atoms with Crippen LogP contribution in [0.4, 0.5) is 5.69 Å². The van der Waals surface area contributed by atoms with Crippen LogP contribution in [0.15, 0.2) is 56.4 Å². The number of hydrogen-bond donors (Lipinski definition) is 0. The maximum absolute atomic E-state index is 12.1. The van der Waals surface area contributed by atoms with E-state index in [0.29, 0.717) is 30.4 Å². The summed E-state index contributed by atoms with van der Waals surface area (Å²) in [6.07, 6.45) is 0.401. The highest BCUT2D eigenvalue weighted by atomic mass is 32.2. The van der Waals surface area contributed by atoms with Crippen LogP contribution in [0.25, 0.3) is 0 Å². The molecule has 2 aromatic rings. The molecule has 1 fully saturated rings. The molecular weight excluding hydrogens is 428 g/mol. The van der Waals surface area contributed by atoms with Crippen molar-refractivity contribution in [2.24, 2.45) is 10.2 Å². The van der Waals surface area contributed by atoms with Crippen molar-refractivity contribution in [3.8, 4) is 11.5 Å². The lowest BCUT2D eigenvalue weighted by atomic mass is 9.92. The molecule has 0 heterocycles. The van der Waals surface area contributed by atoms with E-state index in [-0.39, 0.29) is 18.6 Å². The molecule has 0 atom stereocenters. The molecule has 3 rings (SSSR count). The lowest BCUT2D eigenvalue weighted by Gasteiger charge is -2.16. The summed E-state index contributed by atoms with van der Waals surface area (Å²) in [5.41, 5.74) is 1.62. The van der Waals surface area contributed by atoms with E-state index >= 15 is 0 Å². The number of aryl methyl sites for hydroxylation is 1. The highest BCUT2D eigenvalue weighted by Crippen LogP contribution is 2.43. The summed E-state index contributed by atoms with van der Waals surface area (Å²) in [7, 11) is 0.